The van der Waals surface area contributed by atoms with E-state index in [1.54, 1.807) is 16.8 Å². The molecule has 5 nitrogen and oxygen atoms in total. The maximum absolute atomic E-state index is 5.94. The van der Waals surface area contributed by atoms with E-state index in [-0.39, 0.29) is 5.28 Å². The monoisotopic (exact) mass is 269 g/mol. The van der Waals surface area contributed by atoms with Gasteiger partial charge in [-0.25, -0.2) is 9.97 Å². The zero-order chi connectivity index (χ0) is 12.4. The van der Waals surface area contributed by atoms with Crippen LogP contribution >= 0.6 is 22.9 Å². The number of aromatic nitrogens is 3. The van der Waals surface area contributed by atoms with Crippen LogP contribution in [0.25, 0.3) is 0 Å². The van der Waals surface area contributed by atoms with Crippen molar-refractivity contribution < 1.29 is 0 Å². The quantitative estimate of drug-likeness (QED) is 0.865. The van der Waals surface area contributed by atoms with Crippen molar-refractivity contribution in [2.75, 3.05) is 17.7 Å². The molecule has 2 aromatic heterocycles. The number of nitrogens with two attached hydrogens (primary N) is 1. The average Bonchev–Trinajstić information content (AvgIpc) is 2.76. The van der Waals surface area contributed by atoms with Crippen LogP contribution in [0.2, 0.25) is 5.28 Å². The lowest BCUT2D eigenvalue weighted by Crippen LogP contribution is -2.20. The van der Waals surface area contributed by atoms with Gasteiger partial charge >= 0.3 is 0 Å². The molecule has 7 heteroatoms. The Morgan fingerprint density at radius 1 is 1.47 bits per heavy atom. The minimum atomic E-state index is 0.205. The predicted octanol–water partition coefficient (Wildman–Crippen LogP) is 2.11. The van der Waals surface area contributed by atoms with Gasteiger partial charge in [0.1, 0.15) is 0 Å². The lowest BCUT2D eigenvalue weighted by molar-refractivity contribution is 0.868. The molecule has 0 aliphatic carbocycles. The molecule has 2 heterocycles. The molecular formula is C10H12ClN5S. The Balaban J connectivity index is 2.27. The number of aryl methyl sites for hydroxylation is 1. The maximum atomic E-state index is 5.94. The van der Waals surface area contributed by atoms with Gasteiger partial charge in [-0.1, -0.05) is 0 Å². The van der Waals surface area contributed by atoms with E-state index in [0.717, 1.165) is 5.69 Å². The van der Waals surface area contributed by atoms with Crippen LogP contribution in [0, 0.1) is 6.92 Å². The second kappa shape index (κ2) is 4.85. The number of halogens is 1. The highest BCUT2D eigenvalue weighted by atomic mass is 35.5. The summed E-state index contributed by atoms with van der Waals surface area (Å²) in [5.41, 5.74) is 9.94. The third kappa shape index (κ3) is 2.65. The van der Waals surface area contributed by atoms with Gasteiger partial charge in [0.2, 0.25) is 5.28 Å². The minimum Gasteiger partial charge on any atom is -0.394 e. The van der Waals surface area contributed by atoms with Crippen LogP contribution in [0.4, 0.5) is 11.5 Å². The molecule has 0 bridgehead atoms. The fourth-order valence-corrected chi connectivity index (χ4v) is 2.21. The van der Waals surface area contributed by atoms with Crippen molar-refractivity contribution in [1.82, 2.24) is 15.0 Å². The summed E-state index contributed by atoms with van der Waals surface area (Å²) in [7, 11) is 1.90. The number of hydrogen-bond donors (Lipinski definition) is 1. The zero-order valence-corrected chi connectivity index (χ0v) is 11.1. The molecule has 2 N–H and O–H groups in total. The van der Waals surface area contributed by atoms with E-state index < -0.39 is 0 Å². The highest BCUT2D eigenvalue weighted by molar-refractivity contribution is 7.07. The van der Waals surface area contributed by atoms with Crippen molar-refractivity contribution in [3.8, 4) is 0 Å². The second-order valence-corrected chi connectivity index (χ2v) is 4.71. The van der Waals surface area contributed by atoms with Gasteiger partial charge in [0, 0.05) is 12.4 Å². The molecule has 0 unspecified atom stereocenters. The lowest BCUT2D eigenvalue weighted by Gasteiger charge is -2.19. The molecule has 0 aliphatic rings. The van der Waals surface area contributed by atoms with Gasteiger partial charge < -0.3 is 10.6 Å². The summed E-state index contributed by atoms with van der Waals surface area (Å²) in [5.74, 6) is 0.635. The van der Waals surface area contributed by atoms with E-state index in [2.05, 4.69) is 15.0 Å². The molecule has 2 rings (SSSR count). The molecule has 90 valence electrons. The number of thiazole rings is 1. The first kappa shape index (κ1) is 12.1. The molecule has 17 heavy (non-hydrogen) atoms. The summed E-state index contributed by atoms with van der Waals surface area (Å²) in [4.78, 5) is 14.3. The van der Waals surface area contributed by atoms with Gasteiger partial charge in [-0.2, -0.15) is 4.98 Å². The zero-order valence-electron chi connectivity index (χ0n) is 9.51. The van der Waals surface area contributed by atoms with E-state index in [1.807, 2.05) is 24.3 Å². The largest absolute Gasteiger partial charge is 0.394 e. The van der Waals surface area contributed by atoms with Crippen LogP contribution < -0.4 is 10.6 Å². The number of rotatable bonds is 3. The molecule has 0 aromatic carbocycles. The summed E-state index contributed by atoms with van der Waals surface area (Å²) >= 11 is 7.39. The number of nitrogens with zero attached hydrogens (tertiary/aromatic N) is 4. The van der Waals surface area contributed by atoms with E-state index in [1.165, 1.54) is 0 Å². The summed E-state index contributed by atoms with van der Waals surface area (Å²) in [5, 5.41) is 2.19. The van der Waals surface area contributed by atoms with E-state index >= 15 is 0 Å². The Kier molecular flexibility index (Phi) is 3.44. The highest BCUT2D eigenvalue weighted by Crippen LogP contribution is 2.24. The van der Waals surface area contributed by atoms with Gasteiger partial charge in [-0.3, -0.25) is 0 Å². The Morgan fingerprint density at radius 3 is 2.88 bits per heavy atom. The lowest BCUT2D eigenvalue weighted by atomic mass is 10.3. The Morgan fingerprint density at radius 2 is 2.24 bits per heavy atom. The van der Waals surface area contributed by atoms with Crippen molar-refractivity contribution in [2.45, 2.75) is 13.5 Å². The molecule has 0 radical (unpaired) electrons. The van der Waals surface area contributed by atoms with Crippen molar-refractivity contribution in [3.05, 3.63) is 27.6 Å². The van der Waals surface area contributed by atoms with Crippen LogP contribution in [0.15, 0.2) is 10.9 Å². The summed E-state index contributed by atoms with van der Waals surface area (Å²) in [6.45, 7) is 2.45. The van der Waals surface area contributed by atoms with Crippen LogP contribution in [-0.4, -0.2) is 22.0 Å². The smallest absolute Gasteiger partial charge is 0.224 e. The van der Waals surface area contributed by atoms with Crippen molar-refractivity contribution in [1.29, 1.82) is 0 Å². The summed E-state index contributed by atoms with van der Waals surface area (Å²) in [6, 6.07) is 0. The van der Waals surface area contributed by atoms with Crippen LogP contribution in [0.1, 0.15) is 11.4 Å². The van der Waals surface area contributed by atoms with Gasteiger partial charge in [-0.15, -0.1) is 11.3 Å². The van der Waals surface area contributed by atoms with E-state index in [0.29, 0.717) is 23.7 Å². The Labute approximate surface area is 108 Å². The van der Waals surface area contributed by atoms with Gasteiger partial charge in [-0.05, 0) is 18.5 Å². The van der Waals surface area contributed by atoms with Crippen LogP contribution in [-0.2, 0) is 6.54 Å². The van der Waals surface area contributed by atoms with E-state index in [9.17, 15) is 0 Å². The Hall–Kier alpha value is -1.40. The minimum absolute atomic E-state index is 0.205. The first-order valence-electron chi connectivity index (χ1n) is 4.95. The van der Waals surface area contributed by atoms with Crippen molar-refractivity contribution in [3.63, 3.8) is 0 Å². The molecule has 0 fully saturated rings. The third-order valence-corrected chi connectivity index (χ3v) is 3.14. The molecule has 0 saturated carbocycles. The second-order valence-electron chi connectivity index (χ2n) is 3.65. The molecular weight excluding hydrogens is 258 g/mol. The molecule has 0 spiro atoms. The van der Waals surface area contributed by atoms with E-state index in [4.69, 9.17) is 17.3 Å². The average molecular weight is 270 g/mol. The van der Waals surface area contributed by atoms with Crippen molar-refractivity contribution >= 4 is 34.4 Å². The SMILES string of the molecule is Cc1nc(Cl)nc(N(C)Cc2cscn2)c1N. The molecule has 0 aliphatic heterocycles. The summed E-state index contributed by atoms with van der Waals surface area (Å²) in [6.07, 6.45) is 0. The molecule has 0 atom stereocenters. The fourth-order valence-electron chi connectivity index (χ4n) is 1.46. The predicted molar refractivity (Wildman–Crippen MR) is 70.4 cm³/mol. The topological polar surface area (TPSA) is 67.9 Å². The summed E-state index contributed by atoms with van der Waals surface area (Å²) < 4.78 is 0. The standard InChI is InChI=1S/C10H12ClN5S/c1-6-8(12)9(15-10(11)14-6)16(2)3-7-4-17-5-13-7/h4-5H,3,12H2,1-2H3. The molecule has 2 aromatic rings. The van der Waals surface area contributed by atoms with Crippen molar-refractivity contribution in [2.24, 2.45) is 0 Å². The van der Waals surface area contributed by atoms with Crippen LogP contribution in [0.5, 0.6) is 0 Å². The van der Waals surface area contributed by atoms with Crippen LogP contribution in [0.3, 0.4) is 0 Å². The Bertz CT molecular complexity index is 514. The number of nitrogen functional groups attached to an aromatic ring is 1. The van der Waals surface area contributed by atoms with Gasteiger partial charge in [0.15, 0.2) is 5.82 Å². The molecule has 0 saturated heterocycles. The molecule has 0 amide bonds. The number of anilines is 2. The highest BCUT2D eigenvalue weighted by Gasteiger charge is 2.12. The first-order valence-corrected chi connectivity index (χ1v) is 6.28. The van der Waals surface area contributed by atoms with Gasteiger partial charge in [0.25, 0.3) is 0 Å². The maximum Gasteiger partial charge on any atom is 0.224 e. The normalized spacial score (nSPS) is 10.5. The number of hydrogen-bond acceptors (Lipinski definition) is 6. The fraction of sp³-hybridized carbons (Fsp3) is 0.300. The first-order chi connectivity index (χ1) is 8.08. The third-order valence-electron chi connectivity index (χ3n) is 2.33. The van der Waals surface area contributed by atoms with Gasteiger partial charge in [0.05, 0.1) is 29.1 Å².